The van der Waals surface area contributed by atoms with Crippen molar-refractivity contribution in [1.82, 2.24) is 0 Å². The molecule has 2 aromatic rings. The molecule has 0 radical (unpaired) electrons. The summed E-state index contributed by atoms with van der Waals surface area (Å²) in [6, 6.07) is 8.86. The van der Waals surface area contributed by atoms with Gasteiger partial charge in [-0.1, -0.05) is 12.1 Å². The van der Waals surface area contributed by atoms with Crippen LogP contribution in [0, 0.1) is 5.82 Å². The zero-order valence-electron chi connectivity index (χ0n) is 8.79. The monoisotopic (exact) mass is 377 g/mol. The van der Waals surface area contributed by atoms with Gasteiger partial charge in [0.2, 0.25) is 0 Å². The quantitative estimate of drug-likeness (QED) is 0.826. The van der Waals surface area contributed by atoms with Crippen molar-refractivity contribution in [2.24, 2.45) is 5.73 Å². The molecule has 1 aromatic carbocycles. The Morgan fingerprint density at radius 1 is 1.24 bits per heavy atom. The summed E-state index contributed by atoms with van der Waals surface area (Å²) in [7, 11) is 0. The molecule has 0 spiro atoms. The van der Waals surface area contributed by atoms with Crippen LogP contribution in [0.2, 0.25) is 0 Å². The van der Waals surface area contributed by atoms with Gasteiger partial charge in [-0.25, -0.2) is 4.39 Å². The maximum Gasteiger partial charge on any atom is 0.142 e. The molecule has 2 rings (SSSR count). The molecule has 1 atom stereocenters. The van der Waals surface area contributed by atoms with Crippen molar-refractivity contribution >= 4 is 43.2 Å². The summed E-state index contributed by atoms with van der Waals surface area (Å²) in [5.74, 6) is -0.268. The Labute approximate surface area is 120 Å². The van der Waals surface area contributed by atoms with E-state index >= 15 is 0 Å². The van der Waals surface area contributed by atoms with Crippen LogP contribution in [0.15, 0.2) is 38.6 Å². The highest BCUT2D eigenvalue weighted by Gasteiger charge is 2.14. The number of hydrogen-bond donors (Lipinski definition) is 1. The average Bonchev–Trinajstić information content (AvgIpc) is 2.68. The molecular weight excluding hydrogens is 369 g/mol. The zero-order valence-corrected chi connectivity index (χ0v) is 12.8. The lowest BCUT2D eigenvalue weighted by atomic mass is 10.0. The maximum atomic E-state index is 13.8. The van der Waals surface area contributed by atoms with Crippen LogP contribution in [-0.4, -0.2) is 0 Å². The minimum absolute atomic E-state index is 0.268. The van der Waals surface area contributed by atoms with E-state index in [1.807, 2.05) is 12.1 Å². The van der Waals surface area contributed by atoms with Crippen molar-refractivity contribution in [3.05, 3.63) is 54.8 Å². The summed E-state index contributed by atoms with van der Waals surface area (Å²) in [6.07, 6.45) is 0.642. The number of hydrogen-bond acceptors (Lipinski definition) is 2. The van der Waals surface area contributed by atoms with Gasteiger partial charge in [-0.05, 0) is 50.1 Å². The highest BCUT2D eigenvalue weighted by atomic mass is 79.9. The first kappa shape index (κ1) is 13.2. The highest BCUT2D eigenvalue weighted by Crippen LogP contribution is 2.28. The Bertz CT molecular complexity index is 527. The van der Waals surface area contributed by atoms with Crippen LogP contribution in [0.3, 0.4) is 0 Å². The van der Waals surface area contributed by atoms with E-state index in [1.165, 1.54) is 0 Å². The van der Waals surface area contributed by atoms with Crippen LogP contribution in [0.5, 0.6) is 0 Å². The molecule has 90 valence electrons. The lowest BCUT2D eigenvalue weighted by Crippen LogP contribution is -2.14. The van der Waals surface area contributed by atoms with Gasteiger partial charge in [-0.15, -0.1) is 11.3 Å². The van der Waals surface area contributed by atoms with Crippen molar-refractivity contribution in [2.75, 3.05) is 0 Å². The zero-order chi connectivity index (χ0) is 12.4. The molecule has 0 aliphatic heterocycles. The van der Waals surface area contributed by atoms with Crippen LogP contribution in [0.1, 0.15) is 16.5 Å². The van der Waals surface area contributed by atoms with Gasteiger partial charge in [0.25, 0.3) is 0 Å². The third-order valence-corrected chi connectivity index (χ3v) is 4.69. The molecule has 0 aliphatic rings. The molecule has 2 N–H and O–H groups in total. The predicted molar refractivity (Wildman–Crippen MR) is 76.8 cm³/mol. The minimum Gasteiger partial charge on any atom is -0.324 e. The van der Waals surface area contributed by atoms with Crippen molar-refractivity contribution in [1.29, 1.82) is 0 Å². The second-order valence-electron chi connectivity index (χ2n) is 3.66. The molecule has 1 nitrogen and oxygen atoms in total. The van der Waals surface area contributed by atoms with Crippen molar-refractivity contribution < 1.29 is 4.39 Å². The Kier molecular flexibility index (Phi) is 4.36. The van der Waals surface area contributed by atoms with E-state index in [1.54, 1.807) is 29.5 Å². The highest BCUT2D eigenvalue weighted by molar-refractivity contribution is 9.11. The van der Waals surface area contributed by atoms with Crippen LogP contribution in [0.25, 0.3) is 0 Å². The normalized spacial score (nSPS) is 12.7. The second kappa shape index (κ2) is 5.61. The second-order valence-corrected chi connectivity index (χ2v) is 7.06. The Hall–Kier alpha value is -0.230. The summed E-state index contributed by atoms with van der Waals surface area (Å²) in [5, 5.41) is 0. The third-order valence-electron chi connectivity index (χ3n) is 2.43. The van der Waals surface area contributed by atoms with Crippen molar-refractivity contribution in [2.45, 2.75) is 12.5 Å². The molecule has 0 saturated carbocycles. The lowest BCUT2D eigenvalue weighted by molar-refractivity contribution is 0.576. The Morgan fingerprint density at radius 2 is 2.00 bits per heavy atom. The molecule has 5 heteroatoms. The Balaban J connectivity index is 2.20. The first-order valence-electron chi connectivity index (χ1n) is 5.01. The molecule has 0 amide bonds. The van der Waals surface area contributed by atoms with E-state index < -0.39 is 0 Å². The molecule has 1 aromatic heterocycles. The van der Waals surface area contributed by atoms with E-state index in [-0.39, 0.29) is 11.9 Å². The summed E-state index contributed by atoms with van der Waals surface area (Å²) in [5.41, 5.74) is 6.58. The van der Waals surface area contributed by atoms with Crippen molar-refractivity contribution in [3.8, 4) is 0 Å². The van der Waals surface area contributed by atoms with Crippen LogP contribution >= 0.6 is 43.2 Å². The fourth-order valence-electron chi connectivity index (χ4n) is 1.59. The van der Waals surface area contributed by atoms with Gasteiger partial charge < -0.3 is 5.73 Å². The van der Waals surface area contributed by atoms with Crippen LogP contribution < -0.4 is 5.73 Å². The standard InChI is InChI=1S/C12H10Br2FNS/c13-9-3-1-2-8(12(9)15)10(16)6-7-4-5-11(14)17-7/h1-5,10H,6,16H2. The summed E-state index contributed by atoms with van der Waals surface area (Å²) in [4.78, 5) is 1.14. The molecule has 1 heterocycles. The van der Waals surface area contributed by atoms with E-state index in [2.05, 4.69) is 31.9 Å². The van der Waals surface area contributed by atoms with E-state index in [4.69, 9.17) is 5.73 Å². The van der Waals surface area contributed by atoms with Gasteiger partial charge in [0.15, 0.2) is 0 Å². The van der Waals surface area contributed by atoms with Gasteiger partial charge >= 0.3 is 0 Å². The lowest BCUT2D eigenvalue weighted by Gasteiger charge is -2.12. The van der Waals surface area contributed by atoms with E-state index in [0.29, 0.717) is 16.5 Å². The first-order valence-corrected chi connectivity index (χ1v) is 7.42. The number of nitrogens with two attached hydrogens (primary N) is 1. The van der Waals surface area contributed by atoms with Gasteiger partial charge in [-0.3, -0.25) is 0 Å². The van der Waals surface area contributed by atoms with Crippen LogP contribution in [0.4, 0.5) is 4.39 Å². The first-order chi connectivity index (χ1) is 8.08. The van der Waals surface area contributed by atoms with Gasteiger partial charge in [0.1, 0.15) is 5.82 Å². The van der Waals surface area contributed by atoms with Gasteiger partial charge in [-0.2, -0.15) is 0 Å². The number of rotatable bonds is 3. The van der Waals surface area contributed by atoms with Crippen LogP contribution in [-0.2, 0) is 6.42 Å². The van der Waals surface area contributed by atoms with Gasteiger partial charge in [0, 0.05) is 22.9 Å². The molecule has 0 saturated heterocycles. The summed E-state index contributed by atoms with van der Waals surface area (Å²) < 4.78 is 15.3. The fraction of sp³-hybridized carbons (Fsp3) is 0.167. The summed E-state index contributed by atoms with van der Waals surface area (Å²) in [6.45, 7) is 0. The smallest absolute Gasteiger partial charge is 0.142 e. The SMILES string of the molecule is NC(Cc1ccc(Br)s1)c1cccc(Br)c1F. The third kappa shape index (κ3) is 3.16. The van der Waals surface area contributed by atoms with E-state index in [9.17, 15) is 4.39 Å². The predicted octanol–water partition coefficient (Wildman–Crippen LogP) is 4.65. The average molecular weight is 379 g/mol. The molecule has 0 bridgehead atoms. The number of benzene rings is 1. The molecule has 1 unspecified atom stereocenters. The summed E-state index contributed by atoms with van der Waals surface area (Å²) >= 11 is 8.19. The number of halogens is 3. The fourth-order valence-corrected chi connectivity index (χ4v) is 3.52. The molecule has 0 aliphatic carbocycles. The molecular formula is C12H10Br2FNS. The molecule has 0 fully saturated rings. The maximum absolute atomic E-state index is 13.8. The minimum atomic E-state index is -0.321. The van der Waals surface area contributed by atoms with Gasteiger partial charge in [0.05, 0.1) is 8.26 Å². The topological polar surface area (TPSA) is 26.0 Å². The molecule has 17 heavy (non-hydrogen) atoms. The van der Waals surface area contributed by atoms with E-state index in [0.717, 1.165) is 8.66 Å². The largest absolute Gasteiger partial charge is 0.324 e. The van der Waals surface area contributed by atoms with Crippen molar-refractivity contribution in [3.63, 3.8) is 0 Å². The number of thiophene rings is 1. The Morgan fingerprint density at radius 3 is 2.65 bits per heavy atom.